The van der Waals surface area contributed by atoms with Gasteiger partial charge in [0.1, 0.15) is 0 Å². The summed E-state index contributed by atoms with van der Waals surface area (Å²) in [6.07, 6.45) is 1.88. The number of anilines is 1. The molecule has 0 spiro atoms. The van der Waals surface area contributed by atoms with Crippen LogP contribution in [0.25, 0.3) is 0 Å². The molecule has 5 heteroatoms. The third-order valence-corrected chi connectivity index (χ3v) is 3.81. The fourth-order valence-electron chi connectivity index (χ4n) is 1.63. The zero-order valence-electron chi connectivity index (χ0n) is 9.14. The van der Waals surface area contributed by atoms with E-state index in [1.807, 2.05) is 13.1 Å². The summed E-state index contributed by atoms with van der Waals surface area (Å²) < 4.78 is 5.40. The minimum absolute atomic E-state index is 0.0765. The van der Waals surface area contributed by atoms with Gasteiger partial charge >= 0.3 is 0 Å². The van der Waals surface area contributed by atoms with Crippen LogP contribution in [-0.2, 0) is 4.74 Å². The summed E-state index contributed by atoms with van der Waals surface area (Å²) in [4.78, 5) is 7.85. The van der Waals surface area contributed by atoms with Gasteiger partial charge in [-0.15, -0.1) is 11.3 Å². The normalized spacial score (nSPS) is 24.2. The maximum absolute atomic E-state index is 5.82. The molecule has 0 bridgehead atoms. The van der Waals surface area contributed by atoms with Crippen LogP contribution in [0.15, 0.2) is 6.20 Å². The van der Waals surface area contributed by atoms with E-state index in [4.69, 9.17) is 10.5 Å². The van der Waals surface area contributed by atoms with Crippen molar-refractivity contribution in [3.05, 3.63) is 11.1 Å². The van der Waals surface area contributed by atoms with E-state index in [0.717, 1.165) is 29.8 Å². The van der Waals surface area contributed by atoms with E-state index in [2.05, 4.69) is 16.8 Å². The lowest BCUT2D eigenvalue weighted by Gasteiger charge is -2.32. The van der Waals surface area contributed by atoms with Crippen LogP contribution in [-0.4, -0.2) is 30.8 Å². The van der Waals surface area contributed by atoms with E-state index in [0.29, 0.717) is 6.04 Å². The van der Waals surface area contributed by atoms with Crippen LogP contribution in [0.4, 0.5) is 5.13 Å². The number of hydrogen-bond donors (Lipinski definition) is 1. The molecule has 0 radical (unpaired) electrons. The second-order valence-electron chi connectivity index (χ2n) is 3.95. The number of nitrogens with two attached hydrogens (primary N) is 1. The highest BCUT2D eigenvalue weighted by molar-refractivity contribution is 7.15. The first-order valence-corrected chi connectivity index (χ1v) is 6.06. The number of aromatic nitrogens is 1. The largest absolute Gasteiger partial charge is 0.377 e. The van der Waals surface area contributed by atoms with Crippen molar-refractivity contribution in [2.45, 2.75) is 25.9 Å². The van der Waals surface area contributed by atoms with Gasteiger partial charge < -0.3 is 15.4 Å². The zero-order chi connectivity index (χ0) is 10.8. The monoisotopic (exact) mass is 227 g/mol. The van der Waals surface area contributed by atoms with Gasteiger partial charge in [0.2, 0.25) is 0 Å². The van der Waals surface area contributed by atoms with Crippen LogP contribution in [0.2, 0.25) is 0 Å². The highest BCUT2D eigenvalue weighted by atomic mass is 32.1. The quantitative estimate of drug-likeness (QED) is 0.829. The Balaban J connectivity index is 2.13. The number of ether oxygens (including phenoxy) is 1. The number of nitrogens with zero attached hydrogens (tertiary/aromatic N) is 2. The van der Waals surface area contributed by atoms with Crippen LogP contribution in [0.3, 0.4) is 0 Å². The van der Waals surface area contributed by atoms with Gasteiger partial charge in [-0.25, -0.2) is 4.98 Å². The Kier molecular flexibility index (Phi) is 3.23. The highest BCUT2D eigenvalue weighted by Crippen LogP contribution is 2.28. The lowest BCUT2D eigenvalue weighted by molar-refractivity contribution is 0.0989. The number of thiazole rings is 1. The Bertz CT molecular complexity index is 326. The molecule has 1 aliphatic rings. The van der Waals surface area contributed by atoms with Gasteiger partial charge in [0, 0.05) is 23.7 Å². The van der Waals surface area contributed by atoms with Crippen molar-refractivity contribution >= 4 is 16.5 Å². The number of rotatable bonds is 2. The molecule has 2 unspecified atom stereocenters. The summed E-state index contributed by atoms with van der Waals surface area (Å²) >= 11 is 1.69. The van der Waals surface area contributed by atoms with Crippen LogP contribution < -0.4 is 10.6 Å². The lowest BCUT2D eigenvalue weighted by atomic mass is 10.3. The summed E-state index contributed by atoms with van der Waals surface area (Å²) in [6, 6.07) is 0.485. The minimum atomic E-state index is 0.0765. The van der Waals surface area contributed by atoms with Crippen molar-refractivity contribution in [1.82, 2.24) is 4.98 Å². The molecule has 2 heterocycles. The summed E-state index contributed by atoms with van der Waals surface area (Å²) in [5.74, 6) is 0. The van der Waals surface area contributed by atoms with Crippen molar-refractivity contribution in [1.29, 1.82) is 0 Å². The summed E-state index contributed by atoms with van der Waals surface area (Å²) in [7, 11) is 0. The molecular weight excluding hydrogens is 210 g/mol. The SMILES string of the molecule is CC(N)c1cnc(N2CCOCC2C)s1. The molecule has 1 aromatic rings. The fourth-order valence-corrected chi connectivity index (χ4v) is 2.63. The van der Waals surface area contributed by atoms with Crippen LogP contribution in [0, 0.1) is 0 Å². The van der Waals surface area contributed by atoms with Crippen molar-refractivity contribution in [3.8, 4) is 0 Å². The maximum atomic E-state index is 5.82. The third kappa shape index (κ3) is 2.30. The van der Waals surface area contributed by atoms with Gasteiger partial charge in [-0.05, 0) is 13.8 Å². The van der Waals surface area contributed by atoms with Gasteiger partial charge in [0.15, 0.2) is 5.13 Å². The Labute approximate surface area is 94.1 Å². The van der Waals surface area contributed by atoms with Gasteiger partial charge in [0.05, 0.1) is 19.3 Å². The molecule has 15 heavy (non-hydrogen) atoms. The van der Waals surface area contributed by atoms with E-state index in [1.165, 1.54) is 0 Å². The average Bonchev–Trinajstić information content (AvgIpc) is 2.67. The predicted molar refractivity (Wildman–Crippen MR) is 62.3 cm³/mol. The second kappa shape index (κ2) is 4.47. The maximum Gasteiger partial charge on any atom is 0.185 e. The number of hydrogen-bond acceptors (Lipinski definition) is 5. The molecule has 4 nitrogen and oxygen atoms in total. The predicted octanol–water partition coefficient (Wildman–Crippen LogP) is 1.39. The molecule has 2 N–H and O–H groups in total. The fraction of sp³-hybridized carbons (Fsp3) is 0.700. The molecule has 0 amide bonds. The molecule has 2 rings (SSSR count). The van der Waals surface area contributed by atoms with Gasteiger partial charge in [-0.3, -0.25) is 0 Å². The van der Waals surface area contributed by atoms with Crippen molar-refractivity contribution in [2.75, 3.05) is 24.7 Å². The second-order valence-corrected chi connectivity index (χ2v) is 4.99. The average molecular weight is 227 g/mol. The molecule has 84 valence electrons. The number of morpholine rings is 1. The van der Waals surface area contributed by atoms with E-state index in [-0.39, 0.29) is 6.04 Å². The standard InChI is InChI=1S/C10H17N3OS/c1-7-6-14-4-3-13(7)10-12-5-9(15-10)8(2)11/h5,7-8H,3-4,6,11H2,1-2H3. The van der Waals surface area contributed by atoms with Crippen LogP contribution in [0.5, 0.6) is 0 Å². The lowest BCUT2D eigenvalue weighted by Crippen LogP contribution is -2.43. The molecular formula is C10H17N3OS. The summed E-state index contributed by atoms with van der Waals surface area (Å²) in [5, 5.41) is 1.07. The van der Waals surface area contributed by atoms with Crippen molar-refractivity contribution in [2.24, 2.45) is 5.73 Å². The van der Waals surface area contributed by atoms with E-state index >= 15 is 0 Å². The first kappa shape index (κ1) is 10.9. The van der Waals surface area contributed by atoms with E-state index in [9.17, 15) is 0 Å². The molecule has 0 saturated carbocycles. The summed E-state index contributed by atoms with van der Waals surface area (Å²) in [6.45, 7) is 6.64. The van der Waals surface area contributed by atoms with Crippen LogP contribution >= 0.6 is 11.3 Å². The van der Waals surface area contributed by atoms with Crippen molar-refractivity contribution < 1.29 is 4.74 Å². The van der Waals surface area contributed by atoms with E-state index in [1.54, 1.807) is 11.3 Å². The van der Waals surface area contributed by atoms with Gasteiger partial charge in [0.25, 0.3) is 0 Å². The zero-order valence-corrected chi connectivity index (χ0v) is 9.96. The molecule has 1 aliphatic heterocycles. The molecule has 2 atom stereocenters. The highest BCUT2D eigenvalue weighted by Gasteiger charge is 2.21. The third-order valence-electron chi connectivity index (χ3n) is 2.57. The molecule has 1 fully saturated rings. The molecule has 0 aliphatic carbocycles. The Morgan fingerprint density at radius 3 is 3.13 bits per heavy atom. The smallest absolute Gasteiger partial charge is 0.185 e. The van der Waals surface area contributed by atoms with Gasteiger partial charge in [-0.1, -0.05) is 0 Å². The topological polar surface area (TPSA) is 51.4 Å². The minimum Gasteiger partial charge on any atom is -0.377 e. The first-order valence-electron chi connectivity index (χ1n) is 5.24. The Morgan fingerprint density at radius 1 is 1.73 bits per heavy atom. The molecule has 1 aromatic heterocycles. The van der Waals surface area contributed by atoms with Gasteiger partial charge in [-0.2, -0.15) is 0 Å². The Hall–Kier alpha value is -0.650. The van der Waals surface area contributed by atoms with Crippen LogP contribution in [0.1, 0.15) is 24.8 Å². The molecule has 1 saturated heterocycles. The van der Waals surface area contributed by atoms with Crippen molar-refractivity contribution in [3.63, 3.8) is 0 Å². The Morgan fingerprint density at radius 2 is 2.53 bits per heavy atom. The summed E-state index contributed by atoms with van der Waals surface area (Å²) in [5.41, 5.74) is 5.82. The molecule has 0 aromatic carbocycles. The first-order chi connectivity index (χ1) is 7.18. The van der Waals surface area contributed by atoms with E-state index < -0.39 is 0 Å².